The number of Topliss-reactive ketones (excluding diaryl/α,β-unsaturated/α-hetero) is 1. The molecule has 418 valence electrons. The lowest BCUT2D eigenvalue weighted by atomic mass is 9.76. The highest BCUT2D eigenvalue weighted by atomic mass is 32.2. The molecule has 2 aromatic heterocycles. The molecule has 1 aliphatic carbocycles. The molecule has 2 aliphatic heterocycles. The number of nitrogens with one attached hydrogen (secondary N) is 6. The van der Waals surface area contributed by atoms with Gasteiger partial charge in [-0.05, 0) is 68.4 Å². The quantitative estimate of drug-likeness (QED) is 0.0218. The fraction of sp³-hybridized carbons (Fsp3) is 0.642. The second-order valence-electron chi connectivity index (χ2n) is 20.1. The summed E-state index contributed by atoms with van der Waals surface area (Å²) in [5.74, 6) is 0.818. The van der Waals surface area contributed by atoms with E-state index >= 15 is 0 Å². The van der Waals surface area contributed by atoms with Crippen LogP contribution in [0.3, 0.4) is 0 Å². The summed E-state index contributed by atoms with van der Waals surface area (Å²) in [4.78, 5) is 83.1. The third kappa shape index (κ3) is 20.2. The zero-order valence-corrected chi connectivity index (χ0v) is 45.2. The zero-order valence-electron chi connectivity index (χ0n) is 44.4. The van der Waals surface area contributed by atoms with E-state index in [9.17, 15) is 29.1 Å². The van der Waals surface area contributed by atoms with Gasteiger partial charge in [0.1, 0.15) is 23.9 Å². The topological polar surface area (TPSA) is 305 Å². The Morgan fingerprint density at radius 2 is 1.53 bits per heavy atom. The van der Waals surface area contributed by atoms with E-state index in [0.29, 0.717) is 144 Å². The number of ketones is 1. The monoisotopic (exact) mass is 1080 g/mol. The normalized spacial score (nSPS) is 18.6. The van der Waals surface area contributed by atoms with E-state index in [2.05, 4.69) is 51.5 Å². The van der Waals surface area contributed by atoms with Gasteiger partial charge in [-0.1, -0.05) is 51.0 Å². The molecule has 4 atom stereocenters. The average molecular weight is 1080 g/mol. The first-order chi connectivity index (χ1) is 36.7. The molecule has 76 heavy (non-hydrogen) atoms. The van der Waals surface area contributed by atoms with Gasteiger partial charge in [0.15, 0.2) is 11.4 Å². The van der Waals surface area contributed by atoms with Gasteiger partial charge in [0.05, 0.1) is 76.8 Å². The maximum absolute atomic E-state index is 13.4. The van der Waals surface area contributed by atoms with Gasteiger partial charge in [-0.25, -0.2) is 9.78 Å². The number of benzene rings is 1. The van der Waals surface area contributed by atoms with Crippen molar-refractivity contribution in [3.05, 3.63) is 53.1 Å². The van der Waals surface area contributed by atoms with Crippen LogP contribution in [0.1, 0.15) is 115 Å². The van der Waals surface area contributed by atoms with Crippen molar-refractivity contribution in [2.75, 3.05) is 77.4 Å². The van der Waals surface area contributed by atoms with E-state index in [1.165, 1.54) is 6.33 Å². The minimum atomic E-state index is -0.757. The second kappa shape index (κ2) is 31.4. The summed E-state index contributed by atoms with van der Waals surface area (Å²) in [7, 11) is 0. The Balaban J connectivity index is 0.791. The minimum Gasteiger partial charge on any atom is -0.511 e. The largest absolute Gasteiger partial charge is 0.511 e. The van der Waals surface area contributed by atoms with Crippen LogP contribution in [0, 0.1) is 5.41 Å². The van der Waals surface area contributed by atoms with Gasteiger partial charge >= 0.3 is 6.03 Å². The summed E-state index contributed by atoms with van der Waals surface area (Å²) in [5, 5.41) is 25.7. The van der Waals surface area contributed by atoms with Crippen molar-refractivity contribution in [1.29, 1.82) is 0 Å². The average Bonchev–Trinajstić information content (AvgIpc) is 4.12. The summed E-state index contributed by atoms with van der Waals surface area (Å²) >= 11 is 1.88. The molecule has 3 aromatic rings. The molecule has 2 fully saturated rings. The first-order valence-electron chi connectivity index (χ1n) is 26.7. The van der Waals surface area contributed by atoms with E-state index in [4.69, 9.17) is 29.4 Å². The number of imidazole rings is 1. The smallest absolute Gasteiger partial charge is 0.315 e. The summed E-state index contributed by atoms with van der Waals surface area (Å²) < 4.78 is 28.5. The number of aromatic nitrogens is 4. The predicted octanol–water partition coefficient (Wildman–Crippen LogP) is 4.92. The molecule has 0 radical (unpaired) electrons. The number of unbranched alkanes of at least 4 members (excludes halogenated alkanes) is 4. The van der Waals surface area contributed by atoms with Crippen LogP contribution in [-0.4, -0.2) is 155 Å². The number of nitrogen functional groups attached to an aromatic ring is 1. The number of aliphatic hydroxyl groups excluding tert-OH is 1. The van der Waals surface area contributed by atoms with Crippen molar-refractivity contribution in [2.45, 2.75) is 141 Å². The molecule has 0 saturated carbocycles. The molecule has 6 rings (SSSR count). The summed E-state index contributed by atoms with van der Waals surface area (Å²) in [6.07, 6.45) is 9.37. The number of aromatic amines is 1. The van der Waals surface area contributed by atoms with Gasteiger partial charge in [-0.15, -0.1) is 0 Å². The molecule has 22 nitrogen and oxygen atoms in total. The number of carbonyl (C=O) groups is 5. The molecular formula is C53H79N11O11S. The first-order valence-corrected chi connectivity index (χ1v) is 27.8. The minimum absolute atomic E-state index is 0.0190. The number of fused-ring (bicyclic) bond motifs is 2. The van der Waals surface area contributed by atoms with Gasteiger partial charge < -0.3 is 66.1 Å². The predicted molar refractivity (Wildman–Crippen MR) is 289 cm³/mol. The molecule has 4 heterocycles. The summed E-state index contributed by atoms with van der Waals surface area (Å²) in [6, 6.07) is 7.41. The molecule has 23 heteroatoms. The van der Waals surface area contributed by atoms with Crippen molar-refractivity contribution in [3.8, 4) is 5.88 Å². The van der Waals surface area contributed by atoms with Crippen molar-refractivity contribution in [1.82, 2.24) is 46.5 Å². The van der Waals surface area contributed by atoms with Crippen LogP contribution in [0.5, 0.6) is 5.88 Å². The standard InChI is InChI=1S/C53H79N11O11S/c1-35(45-40(65)29-53(2,3)30-41(45)66)55-19-10-8-11-38(60-44(68)14-5-4-9-20-56-43(67)13-7-6-12-42-46-39(33-76-42)61-52(70)62-46)49(69)57-21-22-71-23-24-72-25-26-73-27-28-74-31-36-15-17-37(18-16-36)32-75-50-47-48(59-34-58-47)63-51(54)64-50/h15-18,34,38-39,42,46,65H,4-14,19-33H2,1-3H3,(H,56,67)(H,57,69)(H,60,68)(H2,61,62,70)(H3,54,58,59,63,64)/t38?,39-,42-,46-/m1/s1. The number of hydrogen-bond acceptors (Lipinski definition) is 17. The molecule has 0 spiro atoms. The lowest BCUT2D eigenvalue weighted by Gasteiger charge is -2.29. The van der Waals surface area contributed by atoms with Crippen molar-refractivity contribution in [2.24, 2.45) is 10.4 Å². The van der Waals surface area contributed by atoms with Gasteiger partial charge in [0.25, 0.3) is 0 Å². The molecule has 2 saturated heterocycles. The number of thioether (sulfide) groups is 1. The van der Waals surface area contributed by atoms with E-state index in [0.717, 1.165) is 49.0 Å². The van der Waals surface area contributed by atoms with E-state index in [1.807, 2.05) is 49.9 Å². The Kier molecular flexibility index (Phi) is 24.5. The number of aliphatic imine (C=N–C) groups is 1. The first kappa shape index (κ1) is 59.4. The van der Waals surface area contributed by atoms with E-state index in [1.54, 1.807) is 6.92 Å². The number of carbonyl (C=O) groups excluding carboxylic acids is 5. The highest BCUT2D eigenvalue weighted by Crippen LogP contribution is 2.36. The van der Waals surface area contributed by atoms with Crippen LogP contribution >= 0.6 is 11.8 Å². The van der Waals surface area contributed by atoms with Crippen LogP contribution in [0.25, 0.3) is 11.2 Å². The van der Waals surface area contributed by atoms with Gasteiger partial charge in [0, 0.05) is 62.0 Å². The van der Waals surface area contributed by atoms with E-state index < -0.39 is 6.04 Å². The second-order valence-corrected chi connectivity index (χ2v) is 21.4. The number of amides is 5. The maximum atomic E-state index is 13.4. The highest BCUT2D eigenvalue weighted by Gasteiger charge is 2.42. The molecule has 9 N–H and O–H groups in total. The van der Waals surface area contributed by atoms with Crippen molar-refractivity contribution >= 4 is 64.1 Å². The number of anilines is 1. The van der Waals surface area contributed by atoms with Crippen LogP contribution in [0.2, 0.25) is 0 Å². The van der Waals surface area contributed by atoms with E-state index in [-0.39, 0.29) is 78.3 Å². The number of aliphatic hydroxyl groups is 1. The summed E-state index contributed by atoms with van der Waals surface area (Å²) in [6.45, 7) is 10.2. The lowest BCUT2D eigenvalue weighted by molar-refractivity contribution is -0.129. The van der Waals surface area contributed by atoms with Gasteiger partial charge in [-0.3, -0.25) is 24.2 Å². The van der Waals surface area contributed by atoms with Crippen LogP contribution in [0.4, 0.5) is 10.7 Å². The Morgan fingerprint density at radius 1 is 0.829 bits per heavy atom. The molecule has 1 aromatic carbocycles. The molecule has 5 amide bonds. The number of ether oxygens (including phenoxy) is 5. The number of nitrogens with two attached hydrogens (primary N) is 1. The highest BCUT2D eigenvalue weighted by molar-refractivity contribution is 8.00. The lowest BCUT2D eigenvalue weighted by Crippen LogP contribution is -2.47. The van der Waals surface area contributed by atoms with Crippen molar-refractivity contribution in [3.63, 3.8) is 0 Å². The van der Waals surface area contributed by atoms with Crippen LogP contribution in [-0.2, 0) is 51.3 Å². The fourth-order valence-corrected chi connectivity index (χ4v) is 10.8. The molecule has 1 unspecified atom stereocenters. The van der Waals surface area contributed by atoms with Crippen LogP contribution < -0.4 is 37.1 Å². The Labute approximate surface area is 449 Å². The zero-order chi connectivity index (χ0) is 54.1. The fourth-order valence-electron chi connectivity index (χ4n) is 9.23. The van der Waals surface area contributed by atoms with Gasteiger partial charge in [0.2, 0.25) is 29.5 Å². The number of urea groups is 1. The van der Waals surface area contributed by atoms with Crippen LogP contribution in [0.15, 0.2) is 46.9 Å². The number of allylic oxidation sites excluding steroid dienone is 2. The third-order valence-corrected chi connectivity index (χ3v) is 14.7. The Morgan fingerprint density at radius 3 is 2.28 bits per heavy atom. The number of H-pyrrole nitrogens is 1. The Bertz CT molecular complexity index is 2420. The Hall–Kier alpha value is -5.88. The number of rotatable bonds is 36. The number of nitrogens with zero attached hydrogens (tertiary/aromatic N) is 4. The summed E-state index contributed by atoms with van der Waals surface area (Å²) in [5.41, 5.74) is 9.29. The maximum Gasteiger partial charge on any atom is 0.315 e. The van der Waals surface area contributed by atoms with Gasteiger partial charge in [-0.2, -0.15) is 21.7 Å². The molecule has 0 bridgehead atoms. The SMILES string of the molecule is CC(=NCCCCC(NC(=O)CCCCCNC(=O)CCCC[C@H]1SC[C@H]2NC(=O)N[C@H]21)C(=O)NCCOCCOCCOCCOCc1ccc(COc2nc(N)nc3nc[nH]c23)cc1)C1=C(O)CC(C)(C)CC1=O. The van der Waals surface area contributed by atoms with Crippen molar-refractivity contribution < 1.29 is 52.8 Å². The number of hydrogen-bond donors (Lipinski definition) is 8. The third-order valence-electron chi connectivity index (χ3n) is 13.2. The molecule has 3 aliphatic rings. The molecular weight excluding hydrogens is 999 g/mol.